The Bertz CT molecular complexity index is 606. The number of aromatic hydroxyl groups is 1. The second kappa shape index (κ2) is 6.43. The van der Waals surface area contributed by atoms with Crippen molar-refractivity contribution in [2.45, 2.75) is 32.6 Å². The Labute approximate surface area is 133 Å². The van der Waals surface area contributed by atoms with E-state index in [-0.39, 0.29) is 5.41 Å². The average molecular weight is 350 g/mol. The van der Waals surface area contributed by atoms with Gasteiger partial charge in [0.25, 0.3) is 0 Å². The minimum Gasteiger partial charge on any atom is -0.508 e. The minimum absolute atomic E-state index is 0.0861. The van der Waals surface area contributed by atoms with Crippen LogP contribution in [0.25, 0.3) is 0 Å². The van der Waals surface area contributed by atoms with E-state index in [0.29, 0.717) is 5.75 Å². The van der Waals surface area contributed by atoms with E-state index in [2.05, 4.69) is 52.0 Å². The van der Waals surface area contributed by atoms with E-state index in [9.17, 15) is 5.11 Å². The molecule has 0 saturated heterocycles. The van der Waals surface area contributed by atoms with Crippen molar-refractivity contribution in [3.05, 3.63) is 46.3 Å². The monoisotopic (exact) mass is 349 g/mol. The van der Waals surface area contributed by atoms with E-state index in [4.69, 9.17) is 0 Å². The molecule has 0 aliphatic carbocycles. The maximum atomic E-state index is 9.26. The predicted molar refractivity (Wildman–Crippen MR) is 88.7 cm³/mol. The van der Waals surface area contributed by atoms with E-state index in [1.807, 2.05) is 18.2 Å². The first kappa shape index (κ1) is 15.8. The molecule has 0 saturated carbocycles. The molecule has 0 amide bonds. The van der Waals surface area contributed by atoms with E-state index in [1.54, 1.807) is 12.1 Å². The standard InChI is InChI=1S/C16H20BrN3O/c1-16(2,3)15-19-13(17)10-14(20-15)18-9-8-11-4-6-12(21)7-5-11/h4-7,10,21H,8-9H2,1-3H3,(H,18,19,20). The molecule has 21 heavy (non-hydrogen) atoms. The van der Waals surface area contributed by atoms with Crippen LogP contribution >= 0.6 is 15.9 Å². The number of rotatable bonds is 4. The van der Waals surface area contributed by atoms with Crippen LogP contribution in [0.2, 0.25) is 0 Å². The van der Waals surface area contributed by atoms with Gasteiger partial charge in [0.05, 0.1) is 0 Å². The normalized spacial score (nSPS) is 11.4. The second-order valence-electron chi connectivity index (χ2n) is 5.99. The highest BCUT2D eigenvalue weighted by Gasteiger charge is 2.18. The lowest BCUT2D eigenvalue weighted by atomic mass is 9.96. The molecular formula is C16H20BrN3O. The van der Waals surface area contributed by atoms with Gasteiger partial charge in [-0.2, -0.15) is 0 Å². The van der Waals surface area contributed by atoms with Gasteiger partial charge in [0.15, 0.2) is 0 Å². The molecule has 0 atom stereocenters. The maximum Gasteiger partial charge on any atom is 0.137 e. The third-order valence-corrected chi connectivity index (χ3v) is 3.43. The molecule has 5 heteroatoms. The highest BCUT2D eigenvalue weighted by Crippen LogP contribution is 2.22. The van der Waals surface area contributed by atoms with Crippen molar-refractivity contribution in [2.24, 2.45) is 0 Å². The summed E-state index contributed by atoms with van der Waals surface area (Å²) < 4.78 is 0.787. The molecule has 0 fully saturated rings. The lowest BCUT2D eigenvalue weighted by molar-refractivity contribution is 0.475. The molecule has 0 aliphatic heterocycles. The summed E-state index contributed by atoms with van der Waals surface area (Å²) in [6.07, 6.45) is 0.868. The second-order valence-corrected chi connectivity index (χ2v) is 6.81. The first-order valence-electron chi connectivity index (χ1n) is 6.91. The fourth-order valence-electron chi connectivity index (χ4n) is 1.84. The topological polar surface area (TPSA) is 58.0 Å². The number of nitrogens with zero attached hydrogens (tertiary/aromatic N) is 2. The number of hydrogen-bond acceptors (Lipinski definition) is 4. The number of benzene rings is 1. The zero-order valence-electron chi connectivity index (χ0n) is 12.5. The summed E-state index contributed by atoms with van der Waals surface area (Å²) in [5, 5.41) is 12.6. The molecule has 1 heterocycles. The number of phenolic OH excluding ortho intramolecular Hbond substituents is 1. The quantitative estimate of drug-likeness (QED) is 0.822. The molecular weight excluding hydrogens is 330 g/mol. The van der Waals surface area contributed by atoms with Crippen LogP contribution in [0.3, 0.4) is 0 Å². The molecule has 0 aliphatic rings. The van der Waals surface area contributed by atoms with Crippen molar-refractivity contribution in [3.8, 4) is 5.75 Å². The highest BCUT2D eigenvalue weighted by molar-refractivity contribution is 9.10. The van der Waals surface area contributed by atoms with Gasteiger partial charge >= 0.3 is 0 Å². The fourth-order valence-corrected chi connectivity index (χ4v) is 2.23. The number of phenols is 1. The van der Waals surface area contributed by atoms with Crippen LogP contribution in [0, 0.1) is 0 Å². The Morgan fingerprint density at radius 1 is 1.14 bits per heavy atom. The largest absolute Gasteiger partial charge is 0.508 e. The van der Waals surface area contributed by atoms with Crippen molar-refractivity contribution in [1.82, 2.24) is 9.97 Å². The van der Waals surface area contributed by atoms with Gasteiger partial charge in [-0.15, -0.1) is 0 Å². The van der Waals surface area contributed by atoms with E-state index in [1.165, 1.54) is 5.56 Å². The van der Waals surface area contributed by atoms with Gasteiger partial charge in [-0.1, -0.05) is 32.9 Å². The van der Waals surface area contributed by atoms with Crippen molar-refractivity contribution in [1.29, 1.82) is 0 Å². The number of hydrogen-bond donors (Lipinski definition) is 2. The summed E-state index contributed by atoms with van der Waals surface area (Å²) in [5.41, 5.74) is 1.08. The zero-order valence-corrected chi connectivity index (χ0v) is 14.1. The van der Waals surface area contributed by atoms with Crippen molar-refractivity contribution >= 4 is 21.7 Å². The fraction of sp³-hybridized carbons (Fsp3) is 0.375. The Balaban J connectivity index is 2.00. The van der Waals surface area contributed by atoms with E-state index >= 15 is 0 Å². The van der Waals surface area contributed by atoms with Crippen LogP contribution in [-0.2, 0) is 11.8 Å². The molecule has 2 N–H and O–H groups in total. The summed E-state index contributed by atoms with van der Waals surface area (Å²) in [6, 6.07) is 9.13. The Hall–Kier alpha value is -1.62. The minimum atomic E-state index is -0.0861. The summed E-state index contributed by atoms with van der Waals surface area (Å²) >= 11 is 3.43. The molecule has 1 aromatic carbocycles. The molecule has 4 nitrogen and oxygen atoms in total. The first-order chi connectivity index (χ1) is 9.84. The van der Waals surface area contributed by atoms with Crippen LogP contribution in [-0.4, -0.2) is 21.6 Å². The number of aromatic nitrogens is 2. The van der Waals surface area contributed by atoms with Crippen LogP contribution in [0.15, 0.2) is 34.9 Å². The molecule has 0 spiro atoms. The molecule has 0 unspecified atom stereocenters. The predicted octanol–water partition coefficient (Wildman–Crippen LogP) is 3.90. The Morgan fingerprint density at radius 3 is 2.43 bits per heavy atom. The molecule has 0 radical (unpaired) electrons. The SMILES string of the molecule is CC(C)(C)c1nc(Br)cc(NCCc2ccc(O)cc2)n1. The summed E-state index contributed by atoms with van der Waals surface area (Å²) in [7, 11) is 0. The third-order valence-electron chi connectivity index (χ3n) is 3.02. The highest BCUT2D eigenvalue weighted by atomic mass is 79.9. The van der Waals surface area contributed by atoms with Gasteiger partial charge in [-0.05, 0) is 40.0 Å². The van der Waals surface area contributed by atoms with Crippen molar-refractivity contribution in [2.75, 3.05) is 11.9 Å². The van der Waals surface area contributed by atoms with E-state index in [0.717, 1.165) is 29.2 Å². The molecule has 1 aromatic heterocycles. The summed E-state index contributed by atoms with van der Waals surface area (Å²) in [6.45, 7) is 7.05. The van der Waals surface area contributed by atoms with Crippen molar-refractivity contribution in [3.63, 3.8) is 0 Å². The molecule has 112 valence electrons. The Morgan fingerprint density at radius 2 is 1.81 bits per heavy atom. The number of nitrogens with one attached hydrogen (secondary N) is 1. The first-order valence-corrected chi connectivity index (χ1v) is 7.71. The lowest BCUT2D eigenvalue weighted by Crippen LogP contribution is -2.18. The van der Waals surface area contributed by atoms with Gasteiger partial charge in [0.2, 0.25) is 0 Å². The average Bonchev–Trinajstić information content (AvgIpc) is 2.39. The number of halogens is 1. The third kappa shape index (κ3) is 4.70. The van der Waals surface area contributed by atoms with Gasteiger partial charge in [-0.3, -0.25) is 0 Å². The van der Waals surface area contributed by atoms with Crippen LogP contribution in [0.1, 0.15) is 32.2 Å². The lowest BCUT2D eigenvalue weighted by Gasteiger charge is -2.18. The maximum absolute atomic E-state index is 9.26. The zero-order chi connectivity index (χ0) is 15.5. The van der Waals surface area contributed by atoms with Gasteiger partial charge in [0, 0.05) is 18.0 Å². The smallest absolute Gasteiger partial charge is 0.137 e. The van der Waals surface area contributed by atoms with E-state index < -0.39 is 0 Å². The van der Waals surface area contributed by atoms with Crippen LogP contribution in [0.4, 0.5) is 5.82 Å². The van der Waals surface area contributed by atoms with Gasteiger partial charge in [0.1, 0.15) is 22.0 Å². The van der Waals surface area contributed by atoms with Gasteiger partial charge < -0.3 is 10.4 Å². The van der Waals surface area contributed by atoms with Crippen LogP contribution in [0.5, 0.6) is 5.75 Å². The van der Waals surface area contributed by atoms with Crippen molar-refractivity contribution < 1.29 is 5.11 Å². The molecule has 2 rings (SSSR count). The Kier molecular flexibility index (Phi) is 4.83. The molecule has 0 bridgehead atoms. The van der Waals surface area contributed by atoms with Crippen LogP contribution < -0.4 is 5.32 Å². The van der Waals surface area contributed by atoms with Gasteiger partial charge in [-0.25, -0.2) is 9.97 Å². The number of anilines is 1. The summed E-state index contributed by atoms with van der Waals surface area (Å²) in [4.78, 5) is 8.98. The summed E-state index contributed by atoms with van der Waals surface area (Å²) in [5.74, 6) is 1.92. The molecule has 2 aromatic rings.